The third-order valence-electron chi connectivity index (χ3n) is 2.33. The third kappa shape index (κ3) is 3.65. The second kappa shape index (κ2) is 5.71. The van der Waals surface area contributed by atoms with Gasteiger partial charge < -0.3 is 4.74 Å². The summed E-state index contributed by atoms with van der Waals surface area (Å²) in [5.74, 6) is 0. The normalized spacial score (nSPS) is 24.9. The van der Waals surface area contributed by atoms with Gasteiger partial charge in [-0.2, -0.15) is 0 Å². The first-order valence-corrected chi connectivity index (χ1v) is 5.24. The molecule has 1 fully saturated rings. The average Bonchev–Trinajstić information content (AvgIpc) is 2.51. The highest BCUT2D eigenvalue weighted by atomic mass is 35.5. The molecule has 1 N–H and O–H groups in total. The predicted molar refractivity (Wildman–Crippen MR) is 64.7 cm³/mol. The Hall–Kier alpha value is -0.280. The Morgan fingerprint density at radius 2 is 2.33 bits per heavy atom. The van der Waals surface area contributed by atoms with Gasteiger partial charge >= 0.3 is 0 Å². The molecule has 2 rings (SSSR count). The van der Waals surface area contributed by atoms with Crippen LogP contribution in [-0.2, 0) is 11.2 Å². The highest BCUT2D eigenvalue weighted by molar-refractivity contribution is 6.30. The molecule has 1 aliphatic rings. The molecule has 0 amide bonds. The molecule has 2 nitrogen and oxygen atoms in total. The molecular formula is C11H15Cl2NO. The summed E-state index contributed by atoms with van der Waals surface area (Å²) in [5, 5.41) is 4.14. The Morgan fingerprint density at radius 1 is 1.53 bits per heavy atom. The van der Waals surface area contributed by atoms with E-state index in [-0.39, 0.29) is 18.6 Å². The van der Waals surface area contributed by atoms with Crippen LogP contribution in [0.25, 0.3) is 0 Å². The van der Waals surface area contributed by atoms with Crippen LogP contribution in [0.4, 0.5) is 0 Å². The van der Waals surface area contributed by atoms with E-state index >= 15 is 0 Å². The second-order valence-corrected chi connectivity index (χ2v) is 4.16. The molecule has 2 atom stereocenters. The van der Waals surface area contributed by atoms with Crippen LogP contribution in [0, 0.1) is 0 Å². The Morgan fingerprint density at radius 3 is 2.93 bits per heavy atom. The van der Waals surface area contributed by atoms with E-state index < -0.39 is 0 Å². The van der Waals surface area contributed by atoms with Crippen LogP contribution >= 0.6 is 24.0 Å². The molecule has 15 heavy (non-hydrogen) atoms. The molecular weight excluding hydrogens is 233 g/mol. The van der Waals surface area contributed by atoms with Crippen molar-refractivity contribution in [2.75, 3.05) is 6.61 Å². The molecule has 0 bridgehead atoms. The van der Waals surface area contributed by atoms with Crippen molar-refractivity contribution < 1.29 is 4.74 Å². The van der Waals surface area contributed by atoms with Gasteiger partial charge in [0.05, 0.1) is 6.61 Å². The van der Waals surface area contributed by atoms with E-state index in [0.717, 1.165) is 18.1 Å². The van der Waals surface area contributed by atoms with Crippen LogP contribution in [0.15, 0.2) is 24.3 Å². The molecule has 0 spiro atoms. The first-order valence-electron chi connectivity index (χ1n) is 4.86. The first kappa shape index (κ1) is 12.8. The lowest BCUT2D eigenvalue weighted by molar-refractivity contribution is 0.101. The maximum absolute atomic E-state index is 5.90. The molecule has 0 aromatic heterocycles. The summed E-state index contributed by atoms with van der Waals surface area (Å²) in [6.07, 6.45) is 1.02. The van der Waals surface area contributed by atoms with Crippen molar-refractivity contribution in [3.05, 3.63) is 34.9 Å². The van der Waals surface area contributed by atoms with Gasteiger partial charge in [0.25, 0.3) is 0 Å². The zero-order valence-corrected chi connectivity index (χ0v) is 10.1. The lowest BCUT2D eigenvalue weighted by Gasteiger charge is -2.10. The number of hydrogen-bond acceptors (Lipinski definition) is 2. The summed E-state index contributed by atoms with van der Waals surface area (Å²) >= 11 is 5.90. The van der Waals surface area contributed by atoms with Gasteiger partial charge in [0, 0.05) is 17.5 Å². The summed E-state index contributed by atoms with van der Waals surface area (Å²) in [6, 6.07) is 8.36. The Balaban J connectivity index is 0.00000112. The smallest absolute Gasteiger partial charge is 0.112 e. The maximum atomic E-state index is 5.90. The third-order valence-corrected chi connectivity index (χ3v) is 2.56. The molecule has 0 radical (unpaired) electrons. The van der Waals surface area contributed by atoms with Gasteiger partial charge in [-0.25, -0.2) is 0 Å². The molecule has 0 saturated carbocycles. The van der Waals surface area contributed by atoms with E-state index in [9.17, 15) is 0 Å². The molecule has 0 aliphatic carbocycles. The largest absolute Gasteiger partial charge is 0.361 e. The van der Waals surface area contributed by atoms with Crippen LogP contribution in [0.5, 0.6) is 0 Å². The Bertz CT molecular complexity index is 319. The number of halogens is 2. The quantitative estimate of drug-likeness (QED) is 0.868. The van der Waals surface area contributed by atoms with Crippen molar-refractivity contribution in [3.63, 3.8) is 0 Å². The molecule has 2 unspecified atom stereocenters. The van der Waals surface area contributed by atoms with Crippen molar-refractivity contribution in [2.24, 2.45) is 0 Å². The first-order chi connectivity index (χ1) is 6.74. The molecule has 1 heterocycles. The van der Waals surface area contributed by atoms with Crippen LogP contribution in [-0.4, -0.2) is 18.9 Å². The van der Waals surface area contributed by atoms with Crippen molar-refractivity contribution in [1.82, 2.24) is 5.32 Å². The van der Waals surface area contributed by atoms with E-state index in [1.807, 2.05) is 18.2 Å². The molecule has 1 saturated heterocycles. The van der Waals surface area contributed by atoms with Gasteiger partial charge in [0.2, 0.25) is 0 Å². The Kier molecular flexibility index (Phi) is 4.87. The van der Waals surface area contributed by atoms with Gasteiger partial charge in [0.15, 0.2) is 0 Å². The van der Waals surface area contributed by atoms with Gasteiger partial charge in [-0.15, -0.1) is 12.4 Å². The summed E-state index contributed by atoms with van der Waals surface area (Å²) in [5.41, 5.74) is 1.21. The van der Waals surface area contributed by atoms with Crippen molar-refractivity contribution in [1.29, 1.82) is 0 Å². The predicted octanol–water partition coefficient (Wildman–Crippen LogP) is 2.64. The fourth-order valence-corrected chi connectivity index (χ4v) is 1.88. The minimum atomic E-state index is 0. The lowest BCUT2D eigenvalue weighted by atomic mass is 10.1. The topological polar surface area (TPSA) is 21.3 Å². The van der Waals surface area contributed by atoms with E-state index in [2.05, 4.69) is 18.3 Å². The molecule has 84 valence electrons. The summed E-state index contributed by atoms with van der Waals surface area (Å²) in [4.78, 5) is 0. The summed E-state index contributed by atoms with van der Waals surface area (Å²) in [6.45, 7) is 2.92. The van der Waals surface area contributed by atoms with Crippen LogP contribution < -0.4 is 5.32 Å². The van der Waals surface area contributed by atoms with Gasteiger partial charge in [-0.1, -0.05) is 23.7 Å². The van der Waals surface area contributed by atoms with E-state index in [1.165, 1.54) is 5.56 Å². The highest BCUT2D eigenvalue weighted by Gasteiger charge is 2.20. The zero-order valence-electron chi connectivity index (χ0n) is 8.57. The van der Waals surface area contributed by atoms with Gasteiger partial charge in [-0.3, -0.25) is 5.32 Å². The van der Waals surface area contributed by atoms with Crippen molar-refractivity contribution in [3.8, 4) is 0 Å². The molecule has 1 aromatic carbocycles. The number of ether oxygens (including phenoxy) is 1. The van der Waals surface area contributed by atoms with Crippen molar-refractivity contribution in [2.45, 2.75) is 25.6 Å². The minimum absolute atomic E-state index is 0. The van der Waals surface area contributed by atoms with Gasteiger partial charge in [-0.05, 0) is 24.6 Å². The highest BCUT2D eigenvalue weighted by Crippen LogP contribution is 2.14. The standard InChI is InChI=1S/C11H14ClNO.ClH/c1-8-7-14-11(13-8)6-9-3-2-4-10(12)5-9;/h2-5,8,11,13H,6-7H2,1H3;1H. The zero-order chi connectivity index (χ0) is 9.97. The van der Waals surface area contributed by atoms with Crippen LogP contribution in [0.1, 0.15) is 12.5 Å². The van der Waals surface area contributed by atoms with Crippen molar-refractivity contribution >= 4 is 24.0 Å². The average molecular weight is 248 g/mol. The lowest BCUT2D eigenvalue weighted by Crippen LogP contribution is -2.29. The monoisotopic (exact) mass is 247 g/mol. The van der Waals surface area contributed by atoms with Gasteiger partial charge in [0.1, 0.15) is 6.23 Å². The number of rotatable bonds is 2. The number of benzene rings is 1. The van der Waals surface area contributed by atoms with Crippen LogP contribution in [0.2, 0.25) is 5.02 Å². The number of nitrogens with one attached hydrogen (secondary N) is 1. The van der Waals surface area contributed by atoms with E-state index in [1.54, 1.807) is 0 Å². The SMILES string of the molecule is CC1COC(Cc2cccc(Cl)c2)N1.Cl. The second-order valence-electron chi connectivity index (χ2n) is 3.72. The van der Waals surface area contributed by atoms with Crippen LogP contribution in [0.3, 0.4) is 0 Å². The summed E-state index contributed by atoms with van der Waals surface area (Å²) in [7, 11) is 0. The minimum Gasteiger partial charge on any atom is -0.361 e. The molecule has 1 aliphatic heterocycles. The van der Waals surface area contributed by atoms with E-state index in [4.69, 9.17) is 16.3 Å². The molecule has 4 heteroatoms. The molecule has 1 aromatic rings. The Labute approximate surface area is 101 Å². The fraction of sp³-hybridized carbons (Fsp3) is 0.455. The van der Waals surface area contributed by atoms with E-state index in [0.29, 0.717) is 6.04 Å². The maximum Gasteiger partial charge on any atom is 0.112 e. The fourth-order valence-electron chi connectivity index (χ4n) is 1.67. The summed E-state index contributed by atoms with van der Waals surface area (Å²) < 4.78 is 5.55. The number of hydrogen-bond donors (Lipinski definition) is 1.